The summed E-state index contributed by atoms with van der Waals surface area (Å²) >= 11 is 0. The van der Waals surface area contributed by atoms with E-state index in [1.165, 1.54) is 0 Å². The molecule has 0 fully saturated rings. The fourth-order valence-corrected chi connectivity index (χ4v) is 0.907. The zero-order valence-electron chi connectivity index (χ0n) is 8.09. The topological polar surface area (TPSA) is 61.0 Å². The van der Waals surface area contributed by atoms with Gasteiger partial charge in [0.25, 0.3) is 5.88 Å². The van der Waals surface area contributed by atoms with E-state index in [1.54, 1.807) is 0 Å². The third-order valence-corrected chi connectivity index (χ3v) is 1.57. The molecule has 16 heavy (non-hydrogen) atoms. The molecule has 2 N–H and O–H groups in total. The molecule has 0 unspecified atom stereocenters. The van der Waals surface area contributed by atoms with E-state index >= 15 is 0 Å². The van der Waals surface area contributed by atoms with E-state index in [0.717, 1.165) is 6.20 Å². The molecule has 0 aliphatic heterocycles. The van der Waals surface area contributed by atoms with Gasteiger partial charge < -0.3 is 10.5 Å². The highest BCUT2D eigenvalue weighted by Gasteiger charge is 2.26. The fourth-order valence-electron chi connectivity index (χ4n) is 0.907. The predicted octanol–water partition coefficient (Wildman–Crippen LogP) is 1.92. The summed E-state index contributed by atoms with van der Waals surface area (Å²) in [7, 11) is 0. The summed E-state index contributed by atoms with van der Waals surface area (Å²) < 4.78 is 52.9. The number of anilines is 1. The van der Waals surface area contributed by atoms with Crippen molar-refractivity contribution in [1.29, 1.82) is 0 Å². The van der Waals surface area contributed by atoms with E-state index in [0.29, 0.717) is 0 Å². The Labute approximate surface area is 88.4 Å². The van der Waals surface area contributed by atoms with Crippen LogP contribution in [0.5, 0.6) is 5.88 Å². The zero-order chi connectivity index (χ0) is 12.2. The molecule has 1 aromatic heterocycles. The van der Waals surface area contributed by atoms with E-state index in [-0.39, 0.29) is 19.0 Å². The molecular weight excluding hydrogens is 230 g/mol. The van der Waals surface area contributed by atoms with Crippen LogP contribution in [0.4, 0.5) is 23.5 Å². The fraction of sp³-hybridized carbons (Fsp3) is 0.500. The number of alkyl halides is 3. The zero-order valence-corrected chi connectivity index (χ0v) is 8.09. The van der Waals surface area contributed by atoms with Gasteiger partial charge in [-0.15, -0.1) is 0 Å². The van der Waals surface area contributed by atoms with Gasteiger partial charge in [0.2, 0.25) is 11.8 Å². The number of hydrogen-bond donors (Lipinski definition) is 1. The summed E-state index contributed by atoms with van der Waals surface area (Å²) in [6.45, 7) is -0.285. The minimum Gasteiger partial charge on any atom is -0.475 e. The Morgan fingerprint density at radius 1 is 1.38 bits per heavy atom. The van der Waals surface area contributed by atoms with Crippen LogP contribution in [0.2, 0.25) is 0 Å². The molecule has 0 bridgehead atoms. The maximum Gasteiger partial charge on any atom is 0.389 e. The van der Waals surface area contributed by atoms with E-state index in [4.69, 9.17) is 10.5 Å². The van der Waals surface area contributed by atoms with Gasteiger partial charge in [0, 0.05) is 6.42 Å². The largest absolute Gasteiger partial charge is 0.475 e. The minimum atomic E-state index is -4.24. The molecule has 1 aromatic rings. The second-order valence-electron chi connectivity index (χ2n) is 2.95. The molecule has 1 rings (SSSR count). The van der Waals surface area contributed by atoms with E-state index in [2.05, 4.69) is 9.97 Å². The Balaban J connectivity index is 2.40. The normalized spacial score (nSPS) is 11.5. The van der Waals surface area contributed by atoms with Crippen LogP contribution < -0.4 is 10.5 Å². The molecule has 0 spiro atoms. The number of nitrogens with two attached hydrogens (primary N) is 1. The lowest BCUT2D eigenvalue weighted by atomic mass is 10.3. The number of hydrogen-bond acceptors (Lipinski definition) is 4. The first-order valence-electron chi connectivity index (χ1n) is 4.36. The molecule has 0 aliphatic rings. The van der Waals surface area contributed by atoms with E-state index < -0.39 is 24.3 Å². The van der Waals surface area contributed by atoms with Gasteiger partial charge in [0.15, 0.2) is 0 Å². The number of nitrogens with zero attached hydrogens (tertiary/aromatic N) is 2. The second kappa shape index (κ2) is 4.95. The molecule has 0 atom stereocenters. The summed E-state index contributed by atoms with van der Waals surface area (Å²) in [6.07, 6.45) is -4.71. The molecule has 0 amide bonds. The lowest BCUT2D eigenvalue weighted by Gasteiger charge is -2.07. The third kappa shape index (κ3) is 4.28. The quantitative estimate of drug-likeness (QED) is 0.644. The highest BCUT2D eigenvalue weighted by atomic mass is 19.4. The van der Waals surface area contributed by atoms with Gasteiger partial charge in [-0.05, 0) is 6.42 Å². The van der Waals surface area contributed by atoms with Crippen molar-refractivity contribution in [2.24, 2.45) is 0 Å². The summed E-state index contributed by atoms with van der Waals surface area (Å²) in [4.78, 5) is 6.73. The van der Waals surface area contributed by atoms with Crippen LogP contribution in [0, 0.1) is 5.82 Å². The molecule has 0 radical (unpaired) electrons. The molecular formula is C8H9F4N3O. The third-order valence-electron chi connectivity index (χ3n) is 1.57. The molecule has 4 nitrogen and oxygen atoms in total. The number of rotatable bonds is 4. The Morgan fingerprint density at radius 2 is 2.06 bits per heavy atom. The highest BCUT2D eigenvalue weighted by molar-refractivity contribution is 5.22. The molecule has 0 saturated carbocycles. The van der Waals surface area contributed by atoms with Gasteiger partial charge in [-0.2, -0.15) is 22.5 Å². The molecule has 1 heterocycles. The number of aromatic nitrogens is 2. The van der Waals surface area contributed by atoms with Crippen LogP contribution >= 0.6 is 0 Å². The Morgan fingerprint density at radius 3 is 2.69 bits per heavy atom. The summed E-state index contributed by atoms with van der Waals surface area (Å²) in [6, 6.07) is 0. The van der Waals surface area contributed by atoms with Crippen molar-refractivity contribution in [2.45, 2.75) is 19.0 Å². The number of ether oxygens (including phenoxy) is 1. The van der Waals surface area contributed by atoms with Crippen LogP contribution in [-0.4, -0.2) is 22.8 Å². The standard InChI is InChI=1S/C8H9F4N3O/c9-5-4-14-7(13)15-6(5)16-3-1-2-8(10,11)12/h4H,1-3H2,(H2,13,14,15). The van der Waals surface area contributed by atoms with Crippen LogP contribution in [-0.2, 0) is 0 Å². The lowest BCUT2D eigenvalue weighted by molar-refractivity contribution is -0.136. The Hall–Kier alpha value is -1.60. The van der Waals surface area contributed by atoms with Crippen molar-refractivity contribution < 1.29 is 22.3 Å². The highest BCUT2D eigenvalue weighted by Crippen LogP contribution is 2.21. The van der Waals surface area contributed by atoms with Crippen LogP contribution in [0.25, 0.3) is 0 Å². The second-order valence-corrected chi connectivity index (χ2v) is 2.95. The minimum absolute atomic E-state index is 0.202. The molecule has 90 valence electrons. The van der Waals surface area contributed by atoms with Crippen LogP contribution in [0.3, 0.4) is 0 Å². The van der Waals surface area contributed by atoms with Gasteiger partial charge in [0.05, 0.1) is 12.8 Å². The van der Waals surface area contributed by atoms with Crippen molar-refractivity contribution in [1.82, 2.24) is 9.97 Å². The first-order valence-corrected chi connectivity index (χ1v) is 4.36. The van der Waals surface area contributed by atoms with E-state index in [1.807, 2.05) is 0 Å². The molecule has 8 heteroatoms. The first-order chi connectivity index (χ1) is 7.38. The van der Waals surface area contributed by atoms with Gasteiger partial charge in [-0.25, -0.2) is 4.98 Å². The monoisotopic (exact) mass is 239 g/mol. The molecule has 0 saturated heterocycles. The first kappa shape index (κ1) is 12.5. The maximum absolute atomic E-state index is 12.9. The van der Waals surface area contributed by atoms with E-state index in [9.17, 15) is 17.6 Å². The summed E-state index contributed by atoms with van der Waals surface area (Å²) in [5, 5.41) is 0. The van der Waals surface area contributed by atoms with Crippen LogP contribution in [0.15, 0.2) is 6.20 Å². The Kier molecular flexibility index (Phi) is 3.86. The number of halogens is 4. The average molecular weight is 239 g/mol. The van der Waals surface area contributed by atoms with Crippen LogP contribution in [0.1, 0.15) is 12.8 Å². The number of nitrogen functional groups attached to an aromatic ring is 1. The maximum atomic E-state index is 12.9. The van der Waals surface area contributed by atoms with Crippen molar-refractivity contribution in [3.05, 3.63) is 12.0 Å². The van der Waals surface area contributed by atoms with Gasteiger partial charge in [-0.1, -0.05) is 0 Å². The molecule has 0 aromatic carbocycles. The smallest absolute Gasteiger partial charge is 0.389 e. The van der Waals surface area contributed by atoms with Crippen molar-refractivity contribution in [3.8, 4) is 5.88 Å². The van der Waals surface area contributed by atoms with Crippen molar-refractivity contribution >= 4 is 5.95 Å². The summed E-state index contributed by atoms with van der Waals surface area (Å²) in [5.74, 6) is -1.50. The van der Waals surface area contributed by atoms with Gasteiger partial charge >= 0.3 is 6.18 Å². The van der Waals surface area contributed by atoms with Gasteiger partial charge in [-0.3, -0.25) is 0 Å². The predicted molar refractivity (Wildman–Crippen MR) is 47.2 cm³/mol. The lowest BCUT2D eigenvalue weighted by Crippen LogP contribution is -2.11. The Bertz CT molecular complexity index is 356. The average Bonchev–Trinajstić information content (AvgIpc) is 2.16. The molecule has 0 aliphatic carbocycles. The SMILES string of the molecule is Nc1ncc(F)c(OCCCC(F)(F)F)n1. The summed E-state index contributed by atoms with van der Waals surface area (Å²) in [5.41, 5.74) is 5.15. The van der Waals surface area contributed by atoms with Crippen molar-refractivity contribution in [2.75, 3.05) is 12.3 Å². The van der Waals surface area contributed by atoms with Gasteiger partial charge in [0.1, 0.15) is 0 Å². The van der Waals surface area contributed by atoms with Crippen molar-refractivity contribution in [3.63, 3.8) is 0 Å².